The van der Waals surface area contributed by atoms with Crippen LogP contribution in [0, 0.1) is 32.4 Å². The van der Waals surface area contributed by atoms with Crippen molar-refractivity contribution in [3.05, 3.63) is 87.4 Å². The first kappa shape index (κ1) is 40.9. The Labute approximate surface area is 317 Å². The molecule has 0 heterocycles. The summed E-state index contributed by atoms with van der Waals surface area (Å²) in [5.41, 5.74) is -0.712. The van der Waals surface area contributed by atoms with E-state index in [4.69, 9.17) is 30.3 Å². The van der Waals surface area contributed by atoms with Gasteiger partial charge in [-0.1, -0.05) is 37.6 Å². The van der Waals surface area contributed by atoms with E-state index in [0.29, 0.717) is 47.9 Å². The number of halogens is 3. The summed E-state index contributed by atoms with van der Waals surface area (Å²) in [5, 5.41) is 5.95. The number of aryl methyl sites for hydroxylation is 3. The summed E-state index contributed by atoms with van der Waals surface area (Å²) in [6.07, 6.45) is 0.469. The zero-order chi connectivity index (χ0) is 39.6. The van der Waals surface area contributed by atoms with Crippen LogP contribution in [0.15, 0.2) is 48.5 Å². The molecule has 54 heavy (non-hydrogen) atoms. The summed E-state index contributed by atoms with van der Waals surface area (Å²) in [4.78, 5) is 59.6. The van der Waals surface area contributed by atoms with Gasteiger partial charge < -0.3 is 29.4 Å². The van der Waals surface area contributed by atoms with Crippen LogP contribution >= 0.6 is 19.4 Å². The Morgan fingerprint density at radius 1 is 0.870 bits per heavy atom. The zero-order valence-corrected chi connectivity index (χ0v) is 32.2. The Kier molecular flexibility index (Phi) is 12.0. The summed E-state index contributed by atoms with van der Waals surface area (Å²) in [7, 11) is -4.94. The number of esters is 1. The first-order valence-corrected chi connectivity index (χ1v) is 19.2. The highest BCUT2D eigenvalue weighted by molar-refractivity contribution is 7.46. The molecule has 3 aliphatic carbocycles. The standard InChI is InChI=1S/C38H44ClF2N2O10P/c1-22-14-24(3)35(30(15-22)53-54(47,48)49)36(4,5)19-34(46)52-31-18-37(42-32(44)20-50-26-8-9-27(39)29(41)17-26)10-12-38(31,13-11-37)43-33(45)21-51-25-7-6-23(2)28(40)16-25/h6-9,14-17,31H,10-13,18-21H2,1-5H3,(H,42,44)(H,43,45)(H2,47,48,49)/t31-,37?,38?/m0/s1. The molecule has 0 aromatic heterocycles. The van der Waals surface area contributed by atoms with E-state index in [0.717, 1.165) is 6.07 Å². The van der Waals surface area contributed by atoms with Crippen LogP contribution in [0.4, 0.5) is 8.78 Å². The maximum absolute atomic E-state index is 14.1. The van der Waals surface area contributed by atoms with Gasteiger partial charge in [0.15, 0.2) is 13.2 Å². The van der Waals surface area contributed by atoms with Crippen LogP contribution in [-0.2, 0) is 29.1 Å². The summed E-state index contributed by atoms with van der Waals surface area (Å²) in [6, 6.07) is 11.4. The van der Waals surface area contributed by atoms with E-state index in [1.165, 1.54) is 30.3 Å². The van der Waals surface area contributed by atoms with Gasteiger partial charge in [-0.2, -0.15) is 0 Å². The minimum absolute atomic E-state index is 0.0576. The van der Waals surface area contributed by atoms with Crippen molar-refractivity contribution < 1.29 is 56.3 Å². The largest absolute Gasteiger partial charge is 0.524 e. The number of hydrogen-bond acceptors (Lipinski definition) is 8. The van der Waals surface area contributed by atoms with E-state index < -0.39 is 73.1 Å². The molecule has 292 valence electrons. The molecular weight excluding hydrogens is 749 g/mol. The van der Waals surface area contributed by atoms with Crippen molar-refractivity contribution in [2.45, 2.75) is 95.7 Å². The molecule has 1 atom stereocenters. The van der Waals surface area contributed by atoms with Gasteiger partial charge in [-0.25, -0.2) is 13.3 Å². The number of carbonyl (C=O) groups excluding carboxylic acids is 3. The molecule has 3 saturated carbocycles. The predicted molar refractivity (Wildman–Crippen MR) is 194 cm³/mol. The molecule has 3 aromatic carbocycles. The fourth-order valence-corrected chi connectivity index (χ4v) is 8.12. The lowest BCUT2D eigenvalue weighted by molar-refractivity contribution is -0.168. The van der Waals surface area contributed by atoms with Crippen LogP contribution < -0.4 is 24.6 Å². The highest BCUT2D eigenvalue weighted by atomic mass is 35.5. The van der Waals surface area contributed by atoms with Crippen molar-refractivity contribution in [2.75, 3.05) is 13.2 Å². The quantitative estimate of drug-likeness (QED) is 0.105. The predicted octanol–water partition coefficient (Wildman–Crippen LogP) is 6.44. The Bertz CT molecular complexity index is 1980. The Morgan fingerprint density at radius 3 is 2.06 bits per heavy atom. The first-order chi connectivity index (χ1) is 25.2. The molecule has 2 bridgehead atoms. The molecule has 0 spiro atoms. The lowest BCUT2D eigenvalue weighted by Crippen LogP contribution is -2.71. The van der Waals surface area contributed by atoms with Gasteiger partial charge in [-0.05, 0) is 87.4 Å². The number of rotatable bonds is 14. The molecule has 12 nitrogen and oxygen atoms in total. The van der Waals surface area contributed by atoms with Gasteiger partial charge in [0.2, 0.25) is 0 Å². The van der Waals surface area contributed by atoms with E-state index in [2.05, 4.69) is 10.6 Å². The van der Waals surface area contributed by atoms with Crippen molar-refractivity contribution >= 4 is 37.2 Å². The van der Waals surface area contributed by atoms with Gasteiger partial charge in [0.25, 0.3) is 11.8 Å². The summed E-state index contributed by atoms with van der Waals surface area (Å²) in [6.45, 7) is 7.70. The van der Waals surface area contributed by atoms with Crippen LogP contribution in [0.2, 0.25) is 5.02 Å². The fourth-order valence-electron chi connectivity index (χ4n) is 7.61. The van der Waals surface area contributed by atoms with Gasteiger partial charge in [0, 0.05) is 35.1 Å². The third-order valence-corrected chi connectivity index (χ3v) is 10.8. The van der Waals surface area contributed by atoms with Crippen LogP contribution in [0.5, 0.6) is 17.2 Å². The highest BCUT2D eigenvalue weighted by Gasteiger charge is 2.57. The average molecular weight is 793 g/mol. The first-order valence-electron chi connectivity index (χ1n) is 17.3. The number of hydrogen-bond donors (Lipinski definition) is 4. The number of nitrogens with one attached hydrogen (secondary N) is 2. The average Bonchev–Trinajstić information content (AvgIpc) is 3.05. The maximum atomic E-state index is 14.1. The van der Waals surface area contributed by atoms with Gasteiger partial charge in [-0.15, -0.1) is 0 Å². The van der Waals surface area contributed by atoms with Crippen molar-refractivity contribution in [1.29, 1.82) is 0 Å². The second-order valence-corrected chi connectivity index (χ2v) is 16.4. The number of ether oxygens (including phenoxy) is 3. The van der Waals surface area contributed by atoms with Gasteiger partial charge in [0.1, 0.15) is 35.0 Å². The van der Waals surface area contributed by atoms with Gasteiger partial charge in [-0.3, -0.25) is 24.2 Å². The van der Waals surface area contributed by atoms with E-state index in [-0.39, 0.29) is 35.1 Å². The monoisotopic (exact) mass is 792 g/mol. The number of phosphoric ester groups is 1. The SMILES string of the molecule is Cc1cc(C)c(C(C)(C)CC(=O)O[C@H]2CC3(NC(=O)COc4ccc(Cl)c(F)c4)CCC2(NC(=O)COc2ccc(C)c(F)c2)CC3)c(OP(=O)(O)O)c1. The minimum atomic E-state index is -4.94. The third kappa shape index (κ3) is 9.89. The molecule has 16 heteroatoms. The number of amides is 2. The van der Waals surface area contributed by atoms with Crippen molar-refractivity contribution in [3.63, 3.8) is 0 Å². The Balaban J connectivity index is 1.34. The number of benzene rings is 3. The van der Waals surface area contributed by atoms with Gasteiger partial charge >= 0.3 is 13.8 Å². The molecule has 3 aromatic rings. The molecule has 0 unspecified atom stereocenters. The molecule has 0 radical (unpaired) electrons. The second-order valence-electron chi connectivity index (χ2n) is 14.9. The van der Waals surface area contributed by atoms with E-state index in [1.807, 2.05) is 6.07 Å². The van der Waals surface area contributed by atoms with Gasteiger partial charge in [0.05, 0.1) is 17.0 Å². The highest BCUT2D eigenvalue weighted by Crippen LogP contribution is 2.49. The smallest absolute Gasteiger partial charge is 0.484 e. The van der Waals surface area contributed by atoms with E-state index in [9.17, 15) is 37.5 Å². The number of carbonyl (C=O) groups is 3. The van der Waals surface area contributed by atoms with Crippen molar-refractivity contribution in [1.82, 2.24) is 10.6 Å². The molecule has 3 fully saturated rings. The molecule has 0 saturated heterocycles. The Morgan fingerprint density at radius 2 is 1.46 bits per heavy atom. The summed E-state index contributed by atoms with van der Waals surface area (Å²) < 4.78 is 62.1. The van der Waals surface area contributed by atoms with E-state index in [1.54, 1.807) is 40.7 Å². The summed E-state index contributed by atoms with van der Waals surface area (Å²) >= 11 is 5.74. The van der Waals surface area contributed by atoms with Crippen molar-refractivity contribution in [2.24, 2.45) is 0 Å². The normalized spacial score (nSPS) is 20.9. The zero-order valence-electron chi connectivity index (χ0n) is 30.6. The molecule has 0 aliphatic heterocycles. The van der Waals surface area contributed by atoms with E-state index >= 15 is 0 Å². The number of phosphoric acid groups is 1. The van der Waals surface area contributed by atoms with Crippen LogP contribution in [0.1, 0.15) is 74.6 Å². The molecule has 3 aliphatic rings. The van der Waals surface area contributed by atoms with Crippen LogP contribution in [0.3, 0.4) is 0 Å². The molecule has 2 amide bonds. The molecule has 4 N–H and O–H groups in total. The van der Waals surface area contributed by atoms with Crippen molar-refractivity contribution in [3.8, 4) is 17.2 Å². The molecule has 6 rings (SSSR count). The minimum Gasteiger partial charge on any atom is -0.484 e. The lowest BCUT2D eigenvalue weighted by atomic mass is 9.59. The van der Waals surface area contributed by atoms with Crippen LogP contribution in [-0.4, -0.2) is 58.0 Å². The van der Waals surface area contributed by atoms with Crippen LogP contribution in [0.25, 0.3) is 0 Å². The summed E-state index contributed by atoms with van der Waals surface area (Å²) in [5.74, 6) is -2.62. The number of fused-ring (bicyclic) bond motifs is 3. The maximum Gasteiger partial charge on any atom is 0.524 e. The topological polar surface area (TPSA) is 170 Å². The second kappa shape index (κ2) is 15.9. The Hall–Kier alpha value is -4.23. The lowest BCUT2D eigenvalue weighted by Gasteiger charge is -2.57. The fraction of sp³-hybridized carbons (Fsp3) is 0.447. The third-order valence-electron chi connectivity index (χ3n) is 10.1. The molecular formula is C38H44ClF2N2O10P.